The van der Waals surface area contributed by atoms with Crippen LogP contribution in [0, 0.1) is 0 Å². The molecule has 1 amide bonds. The molecule has 0 saturated heterocycles. The molecule has 1 aliphatic rings. The number of carbonyl (C=O) groups excluding carboxylic acids is 1. The molecule has 3 nitrogen and oxygen atoms in total. The van der Waals surface area contributed by atoms with Gasteiger partial charge in [0.15, 0.2) is 0 Å². The van der Waals surface area contributed by atoms with E-state index in [0.717, 1.165) is 19.4 Å². The molecule has 0 saturated carbocycles. The van der Waals surface area contributed by atoms with Crippen LogP contribution in [-0.4, -0.2) is 18.0 Å². The molecule has 2 N–H and O–H groups in total. The second kappa shape index (κ2) is 5.74. The van der Waals surface area contributed by atoms with Crippen molar-refractivity contribution in [1.82, 2.24) is 10.6 Å². The van der Waals surface area contributed by atoms with Crippen molar-refractivity contribution in [2.45, 2.75) is 51.6 Å². The smallest absolute Gasteiger partial charge is 0.220 e. The quantitative estimate of drug-likeness (QED) is 0.877. The van der Waals surface area contributed by atoms with Crippen LogP contribution >= 0.6 is 0 Å². The summed E-state index contributed by atoms with van der Waals surface area (Å²) >= 11 is 0. The average molecular weight is 260 g/mol. The highest BCUT2D eigenvalue weighted by atomic mass is 16.1. The Hall–Kier alpha value is -1.35. The number of amides is 1. The van der Waals surface area contributed by atoms with Crippen molar-refractivity contribution in [1.29, 1.82) is 0 Å². The fourth-order valence-corrected chi connectivity index (χ4v) is 2.61. The van der Waals surface area contributed by atoms with E-state index in [-0.39, 0.29) is 11.4 Å². The molecule has 1 unspecified atom stereocenters. The molecule has 0 spiro atoms. The van der Waals surface area contributed by atoms with Gasteiger partial charge in [0, 0.05) is 18.0 Å². The predicted molar refractivity (Wildman–Crippen MR) is 78.0 cm³/mol. The third-order valence-corrected chi connectivity index (χ3v) is 3.39. The Balaban J connectivity index is 1.93. The van der Waals surface area contributed by atoms with Gasteiger partial charge in [0.1, 0.15) is 0 Å². The molecule has 19 heavy (non-hydrogen) atoms. The lowest BCUT2D eigenvalue weighted by molar-refractivity contribution is -0.122. The Bertz CT molecular complexity index is 448. The third kappa shape index (κ3) is 4.06. The maximum Gasteiger partial charge on any atom is 0.220 e. The Morgan fingerprint density at radius 1 is 1.37 bits per heavy atom. The normalized spacial score (nSPS) is 18.8. The summed E-state index contributed by atoms with van der Waals surface area (Å²) in [5, 5.41) is 6.53. The van der Waals surface area contributed by atoms with Crippen molar-refractivity contribution in [3.63, 3.8) is 0 Å². The summed E-state index contributed by atoms with van der Waals surface area (Å²) in [5.74, 6) is 0.136. The summed E-state index contributed by atoms with van der Waals surface area (Å²) < 4.78 is 0. The van der Waals surface area contributed by atoms with E-state index in [1.54, 1.807) is 0 Å². The van der Waals surface area contributed by atoms with E-state index >= 15 is 0 Å². The van der Waals surface area contributed by atoms with Gasteiger partial charge in [-0.05, 0) is 51.3 Å². The summed E-state index contributed by atoms with van der Waals surface area (Å²) in [4.78, 5) is 11.9. The van der Waals surface area contributed by atoms with Crippen LogP contribution in [0.4, 0.5) is 0 Å². The zero-order valence-corrected chi connectivity index (χ0v) is 12.1. The van der Waals surface area contributed by atoms with Gasteiger partial charge >= 0.3 is 0 Å². The lowest BCUT2D eigenvalue weighted by Gasteiger charge is -2.27. The summed E-state index contributed by atoms with van der Waals surface area (Å²) in [6.07, 6.45) is 2.52. The zero-order chi connectivity index (χ0) is 13.9. The molecule has 0 radical (unpaired) electrons. The number of fused-ring (bicyclic) bond motifs is 1. The van der Waals surface area contributed by atoms with E-state index in [1.165, 1.54) is 11.1 Å². The molecule has 1 aromatic rings. The molecule has 2 rings (SSSR count). The summed E-state index contributed by atoms with van der Waals surface area (Å²) in [6, 6.07) is 8.85. The first kappa shape index (κ1) is 14.1. The van der Waals surface area contributed by atoms with Gasteiger partial charge in [-0.2, -0.15) is 0 Å². The molecule has 104 valence electrons. The Morgan fingerprint density at radius 3 is 2.84 bits per heavy atom. The van der Waals surface area contributed by atoms with Crippen molar-refractivity contribution in [2.24, 2.45) is 0 Å². The molecule has 0 aromatic heterocycles. The standard InChI is InChI=1S/C16H24N2O/c1-16(2,3)18-15(19)9-8-14-13-7-5-4-6-12(13)10-11-17-14/h4-7,14,17H,8-11H2,1-3H3,(H,18,19). The van der Waals surface area contributed by atoms with Crippen molar-refractivity contribution < 1.29 is 4.79 Å². The van der Waals surface area contributed by atoms with Crippen LogP contribution in [0.25, 0.3) is 0 Å². The van der Waals surface area contributed by atoms with Crippen LogP contribution < -0.4 is 10.6 Å². The molecular weight excluding hydrogens is 236 g/mol. The zero-order valence-electron chi connectivity index (χ0n) is 12.1. The van der Waals surface area contributed by atoms with E-state index in [4.69, 9.17) is 0 Å². The molecule has 1 aromatic carbocycles. The SMILES string of the molecule is CC(C)(C)NC(=O)CCC1NCCc2ccccc21. The van der Waals surface area contributed by atoms with Crippen molar-refractivity contribution >= 4 is 5.91 Å². The van der Waals surface area contributed by atoms with Crippen LogP contribution in [0.5, 0.6) is 0 Å². The monoisotopic (exact) mass is 260 g/mol. The van der Waals surface area contributed by atoms with Crippen molar-refractivity contribution in [3.8, 4) is 0 Å². The largest absolute Gasteiger partial charge is 0.352 e. The minimum Gasteiger partial charge on any atom is -0.352 e. The number of hydrogen-bond donors (Lipinski definition) is 2. The second-order valence-electron chi connectivity index (χ2n) is 6.29. The molecule has 3 heteroatoms. The lowest BCUT2D eigenvalue weighted by Crippen LogP contribution is -2.41. The highest BCUT2D eigenvalue weighted by Crippen LogP contribution is 2.26. The van der Waals surface area contributed by atoms with E-state index < -0.39 is 0 Å². The van der Waals surface area contributed by atoms with Gasteiger partial charge < -0.3 is 10.6 Å². The molecule has 1 aliphatic heterocycles. The van der Waals surface area contributed by atoms with Crippen LogP contribution in [0.2, 0.25) is 0 Å². The van der Waals surface area contributed by atoms with Crippen LogP contribution in [0.3, 0.4) is 0 Å². The average Bonchev–Trinajstić information content (AvgIpc) is 2.34. The first-order chi connectivity index (χ1) is 8.96. The van der Waals surface area contributed by atoms with Gasteiger partial charge in [0.2, 0.25) is 5.91 Å². The Morgan fingerprint density at radius 2 is 2.11 bits per heavy atom. The molecular formula is C16H24N2O. The summed E-state index contributed by atoms with van der Waals surface area (Å²) in [6.45, 7) is 7.04. The van der Waals surface area contributed by atoms with E-state index in [2.05, 4.69) is 34.9 Å². The van der Waals surface area contributed by atoms with Gasteiger partial charge in [-0.3, -0.25) is 4.79 Å². The van der Waals surface area contributed by atoms with Crippen molar-refractivity contribution in [2.75, 3.05) is 6.54 Å². The number of carbonyl (C=O) groups is 1. The maximum absolute atomic E-state index is 11.9. The van der Waals surface area contributed by atoms with Gasteiger partial charge in [-0.15, -0.1) is 0 Å². The topological polar surface area (TPSA) is 41.1 Å². The van der Waals surface area contributed by atoms with Crippen LogP contribution in [-0.2, 0) is 11.2 Å². The first-order valence-electron chi connectivity index (χ1n) is 7.08. The van der Waals surface area contributed by atoms with Gasteiger partial charge in [0.25, 0.3) is 0 Å². The number of nitrogens with one attached hydrogen (secondary N) is 2. The van der Waals surface area contributed by atoms with E-state index in [0.29, 0.717) is 12.5 Å². The van der Waals surface area contributed by atoms with Crippen molar-refractivity contribution in [3.05, 3.63) is 35.4 Å². The number of hydrogen-bond acceptors (Lipinski definition) is 2. The Kier molecular flexibility index (Phi) is 4.25. The second-order valence-corrected chi connectivity index (χ2v) is 6.29. The molecule has 0 aliphatic carbocycles. The van der Waals surface area contributed by atoms with E-state index in [9.17, 15) is 4.79 Å². The van der Waals surface area contributed by atoms with Crippen LogP contribution in [0.1, 0.15) is 50.8 Å². The fraction of sp³-hybridized carbons (Fsp3) is 0.562. The highest BCUT2D eigenvalue weighted by Gasteiger charge is 2.21. The number of rotatable bonds is 3. The predicted octanol–water partition coefficient (Wildman–Crippen LogP) is 2.57. The molecule has 0 fully saturated rings. The summed E-state index contributed by atoms with van der Waals surface area (Å²) in [7, 11) is 0. The molecule has 0 bridgehead atoms. The van der Waals surface area contributed by atoms with Gasteiger partial charge in [0.05, 0.1) is 0 Å². The van der Waals surface area contributed by atoms with E-state index in [1.807, 2.05) is 20.8 Å². The fourth-order valence-electron chi connectivity index (χ4n) is 2.61. The minimum absolute atomic E-state index is 0.136. The van der Waals surface area contributed by atoms with Gasteiger partial charge in [-0.1, -0.05) is 24.3 Å². The lowest BCUT2D eigenvalue weighted by atomic mass is 9.91. The molecule has 1 atom stereocenters. The highest BCUT2D eigenvalue weighted by molar-refractivity contribution is 5.76. The maximum atomic E-state index is 11.9. The first-order valence-corrected chi connectivity index (χ1v) is 7.08. The number of benzene rings is 1. The minimum atomic E-state index is -0.144. The van der Waals surface area contributed by atoms with Gasteiger partial charge in [-0.25, -0.2) is 0 Å². The Labute approximate surface area is 115 Å². The summed E-state index contributed by atoms with van der Waals surface area (Å²) in [5.41, 5.74) is 2.63. The third-order valence-electron chi connectivity index (χ3n) is 3.39. The van der Waals surface area contributed by atoms with Crippen LogP contribution in [0.15, 0.2) is 24.3 Å². The molecule has 1 heterocycles.